The summed E-state index contributed by atoms with van der Waals surface area (Å²) in [5.41, 5.74) is 8.15. The summed E-state index contributed by atoms with van der Waals surface area (Å²) >= 11 is 0.103. The molecule has 4 nitrogen and oxygen atoms in total. The van der Waals surface area contributed by atoms with Gasteiger partial charge in [0.05, 0.1) is 0 Å². The standard InChI is InChI=1S/C34H20N4Se/c1-5-13-26-21(9-1)22-10-2-6-14-27(22)37(26)30-19-25-32(39-34-33(25)35-17-18-36-34)20-31(30)38-28-15-7-3-11-23(28)24-12-4-8-16-29(24)38/h1-20H. The SMILES string of the molecule is c1ccc2c(c1)c1ccccc1n2-c1cc2[se]c3nccnc3c2cc1-n1c2ccccc2c2ccccc21. The number of para-hydroxylation sites is 4. The number of benzene rings is 5. The normalized spacial score (nSPS) is 12.1. The van der Waals surface area contributed by atoms with Gasteiger partial charge in [-0.1, -0.05) is 0 Å². The first-order valence-corrected chi connectivity index (χ1v) is 14.7. The molecule has 0 aliphatic heterocycles. The van der Waals surface area contributed by atoms with Gasteiger partial charge < -0.3 is 0 Å². The van der Waals surface area contributed by atoms with E-state index in [1.807, 2.05) is 12.4 Å². The van der Waals surface area contributed by atoms with Crippen molar-refractivity contribution in [1.82, 2.24) is 19.1 Å². The molecule has 9 aromatic rings. The molecule has 0 saturated carbocycles. The Balaban J connectivity index is 1.53. The summed E-state index contributed by atoms with van der Waals surface area (Å²) in [7, 11) is 0. The van der Waals surface area contributed by atoms with E-state index in [0.717, 1.165) is 15.6 Å². The molecule has 0 atom stereocenters. The van der Waals surface area contributed by atoms with Crippen molar-refractivity contribution in [1.29, 1.82) is 0 Å². The van der Waals surface area contributed by atoms with Crippen LogP contribution in [-0.2, 0) is 0 Å². The fourth-order valence-electron chi connectivity index (χ4n) is 6.24. The van der Waals surface area contributed by atoms with Crippen molar-refractivity contribution in [3.05, 3.63) is 122 Å². The first kappa shape index (κ1) is 21.3. The zero-order valence-corrected chi connectivity index (χ0v) is 22.5. The van der Waals surface area contributed by atoms with E-state index in [0.29, 0.717) is 0 Å². The third kappa shape index (κ3) is 2.89. The van der Waals surface area contributed by atoms with E-state index in [1.54, 1.807) is 0 Å². The van der Waals surface area contributed by atoms with E-state index in [9.17, 15) is 0 Å². The predicted octanol–water partition coefficient (Wildman–Crippen LogP) is 8.03. The van der Waals surface area contributed by atoms with E-state index in [4.69, 9.17) is 9.97 Å². The van der Waals surface area contributed by atoms with Crippen LogP contribution in [0.2, 0.25) is 0 Å². The fourth-order valence-corrected chi connectivity index (χ4v) is 8.37. The Labute approximate surface area is 229 Å². The number of hydrogen-bond acceptors (Lipinski definition) is 2. The molecule has 0 spiro atoms. The average molecular weight is 564 g/mol. The van der Waals surface area contributed by atoms with Gasteiger partial charge in [0.15, 0.2) is 0 Å². The summed E-state index contributed by atoms with van der Waals surface area (Å²) in [6, 6.07) is 39.7. The summed E-state index contributed by atoms with van der Waals surface area (Å²) < 4.78 is 7.31. The Morgan fingerprint density at radius 1 is 0.462 bits per heavy atom. The maximum absolute atomic E-state index is 4.78. The van der Waals surface area contributed by atoms with Gasteiger partial charge in [-0.15, -0.1) is 0 Å². The molecule has 9 rings (SSSR count). The Kier molecular flexibility index (Phi) is 4.31. The van der Waals surface area contributed by atoms with Gasteiger partial charge in [-0.3, -0.25) is 0 Å². The van der Waals surface area contributed by atoms with E-state index in [2.05, 4.69) is 118 Å². The van der Waals surface area contributed by atoms with Gasteiger partial charge in [-0.05, 0) is 0 Å². The van der Waals surface area contributed by atoms with E-state index in [-0.39, 0.29) is 14.5 Å². The molecule has 5 aromatic carbocycles. The van der Waals surface area contributed by atoms with Crippen LogP contribution in [0.3, 0.4) is 0 Å². The topological polar surface area (TPSA) is 35.6 Å². The van der Waals surface area contributed by atoms with Gasteiger partial charge in [0.1, 0.15) is 0 Å². The monoisotopic (exact) mass is 564 g/mol. The van der Waals surface area contributed by atoms with Crippen LogP contribution in [0.4, 0.5) is 0 Å². The molecular formula is C34H20N4Se. The number of nitrogens with zero attached hydrogens (tertiary/aromatic N) is 4. The van der Waals surface area contributed by atoms with Crippen LogP contribution in [0.15, 0.2) is 122 Å². The molecule has 39 heavy (non-hydrogen) atoms. The van der Waals surface area contributed by atoms with Gasteiger partial charge in [-0.2, -0.15) is 0 Å². The summed E-state index contributed by atoms with van der Waals surface area (Å²) in [5.74, 6) is 0. The van der Waals surface area contributed by atoms with Gasteiger partial charge in [0, 0.05) is 0 Å². The van der Waals surface area contributed by atoms with Crippen LogP contribution in [0.25, 0.3) is 74.5 Å². The Morgan fingerprint density at radius 3 is 1.41 bits per heavy atom. The third-order valence-electron chi connectivity index (χ3n) is 7.85. The number of fused-ring (bicyclic) bond motifs is 9. The molecule has 0 amide bonds. The quantitative estimate of drug-likeness (QED) is 0.200. The number of hydrogen-bond donors (Lipinski definition) is 0. The van der Waals surface area contributed by atoms with E-state index in [1.165, 1.54) is 58.9 Å². The van der Waals surface area contributed by atoms with Crippen LogP contribution in [0.5, 0.6) is 0 Å². The Bertz CT molecular complexity index is 2300. The van der Waals surface area contributed by atoms with Crippen molar-refractivity contribution in [2.45, 2.75) is 0 Å². The third-order valence-corrected chi connectivity index (χ3v) is 10.0. The van der Waals surface area contributed by atoms with Crippen molar-refractivity contribution in [2.24, 2.45) is 0 Å². The second kappa shape index (κ2) is 7.90. The molecule has 0 saturated heterocycles. The van der Waals surface area contributed by atoms with Crippen LogP contribution >= 0.6 is 0 Å². The predicted molar refractivity (Wildman–Crippen MR) is 163 cm³/mol. The van der Waals surface area contributed by atoms with Crippen molar-refractivity contribution in [3.63, 3.8) is 0 Å². The van der Waals surface area contributed by atoms with Crippen LogP contribution in [0, 0.1) is 0 Å². The molecule has 0 bridgehead atoms. The zero-order chi connectivity index (χ0) is 25.5. The minimum atomic E-state index is 0.103. The molecule has 0 aliphatic rings. The van der Waals surface area contributed by atoms with Crippen LogP contribution in [0.1, 0.15) is 0 Å². The van der Waals surface area contributed by atoms with Crippen molar-refractivity contribution < 1.29 is 0 Å². The van der Waals surface area contributed by atoms with Gasteiger partial charge in [0.2, 0.25) is 0 Å². The molecular weight excluding hydrogens is 543 g/mol. The number of rotatable bonds is 2. The molecule has 0 N–H and O–H groups in total. The van der Waals surface area contributed by atoms with E-state index >= 15 is 0 Å². The maximum atomic E-state index is 4.78. The summed E-state index contributed by atoms with van der Waals surface area (Å²) in [6.45, 7) is 0. The number of aromatic nitrogens is 4. The fraction of sp³-hybridized carbons (Fsp3) is 0. The Morgan fingerprint density at radius 2 is 0.897 bits per heavy atom. The van der Waals surface area contributed by atoms with Crippen LogP contribution in [-0.4, -0.2) is 33.6 Å². The molecule has 4 aromatic heterocycles. The van der Waals surface area contributed by atoms with Gasteiger partial charge in [-0.25, -0.2) is 0 Å². The summed E-state index contributed by atoms with van der Waals surface area (Å²) in [4.78, 5) is 9.49. The molecule has 4 heterocycles. The minimum absolute atomic E-state index is 0.103. The molecule has 0 fully saturated rings. The Hall–Kier alpha value is -4.70. The van der Waals surface area contributed by atoms with Crippen LogP contribution < -0.4 is 0 Å². The summed E-state index contributed by atoms with van der Waals surface area (Å²) in [5, 5.41) is 6.23. The second-order valence-corrected chi connectivity index (χ2v) is 12.1. The van der Waals surface area contributed by atoms with E-state index < -0.39 is 0 Å². The van der Waals surface area contributed by atoms with Crippen molar-refractivity contribution in [3.8, 4) is 11.4 Å². The molecule has 0 radical (unpaired) electrons. The zero-order valence-electron chi connectivity index (χ0n) is 20.7. The van der Waals surface area contributed by atoms with Gasteiger partial charge >= 0.3 is 230 Å². The first-order valence-electron chi connectivity index (χ1n) is 13.0. The van der Waals surface area contributed by atoms with Crippen molar-refractivity contribution in [2.75, 3.05) is 0 Å². The van der Waals surface area contributed by atoms with Gasteiger partial charge in [0.25, 0.3) is 0 Å². The molecule has 0 unspecified atom stereocenters. The molecule has 182 valence electrons. The second-order valence-electron chi connectivity index (χ2n) is 9.89. The van der Waals surface area contributed by atoms with Crippen molar-refractivity contribution >= 4 is 77.7 Å². The average Bonchev–Trinajstić information content (AvgIpc) is 3.64. The summed E-state index contributed by atoms with van der Waals surface area (Å²) in [6.07, 6.45) is 3.62. The molecule has 0 aliphatic carbocycles. The first-order chi connectivity index (χ1) is 19.4. The molecule has 5 heteroatoms.